The zero-order chi connectivity index (χ0) is 9.31. The second kappa shape index (κ2) is 3.28. The van der Waals surface area contributed by atoms with Crippen molar-refractivity contribution in [1.29, 1.82) is 0 Å². The van der Waals surface area contributed by atoms with E-state index in [2.05, 4.69) is 40.2 Å². The number of hydrogen-bond acceptors (Lipinski definition) is 1. The van der Waals surface area contributed by atoms with Gasteiger partial charge in [0.1, 0.15) is 0 Å². The van der Waals surface area contributed by atoms with Gasteiger partial charge < -0.3 is 5.73 Å². The molecule has 2 N–H and O–H groups in total. The minimum atomic E-state index is 0.00702. The Hall–Kier alpha value is -0.600. The van der Waals surface area contributed by atoms with Gasteiger partial charge in [0.05, 0.1) is 0 Å². The van der Waals surface area contributed by atoms with E-state index >= 15 is 0 Å². The summed E-state index contributed by atoms with van der Waals surface area (Å²) in [6.07, 6.45) is 6.45. The van der Waals surface area contributed by atoms with Crippen LogP contribution in [-0.2, 0) is 0 Å². The molecular formula is C11H12BrN. The van der Waals surface area contributed by atoms with Crippen LogP contribution >= 0.6 is 15.9 Å². The highest BCUT2D eigenvalue weighted by molar-refractivity contribution is 9.10. The summed E-state index contributed by atoms with van der Waals surface area (Å²) in [7, 11) is 0. The maximum absolute atomic E-state index is 5.93. The number of benzene rings is 1. The van der Waals surface area contributed by atoms with Gasteiger partial charge in [-0.15, -0.1) is 0 Å². The molecule has 2 heteroatoms. The lowest BCUT2D eigenvalue weighted by Crippen LogP contribution is -2.17. The van der Waals surface area contributed by atoms with Crippen LogP contribution in [0.3, 0.4) is 0 Å². The number of halogens is 1. The van der Waals surface area contributed by atoms with Crippen molar-refractivity contribution >= 4 is 22.0 Å². The fraction of sp³-hybridized carbons (Fsp3) is 0.273. The molecule has 1 aromatic rings. The van der Waals surface area contributed by atoms with E-state index in [1.807, 2.05) is 12.1 Å². The van der Waals surface area contributed by atoms with Gasteiger partial charge in [-0.2, -0.15) is 0 Å². The Kier molecular flexibility index (Phi) is 2.26. The van der Waals surface area contributed by atoms with Crippen molar-refractivity contribution < 1.29 is 0 Å². The standard InChI is InChI=1S/C11H12BrN/c12-10-3-1-9(2-4-10)5-6-11(13)7-8-11/h1-6H,7-8,13H2/b6-5+. The van der Waals surface area contributed by atoms with Gasteiger partial charge in [0.15, 0.2) is 0 Å². The van der Waals surface area contributed by atoms with Crippen molar-refractivity contribution in [3.8, 4) is 0 Å². The van der Waals surface area contributed by atoms with Gasteiger partial charge in [-0.1, -0.05) is 40.2 Å². The summed E-state index contributed by atoms with van der Waals surface area (Å²) in [4.78, 5) is 0. The van der Waals surface area contributed by atoms with Gasteiger partial charge in [-0.05, 0) is 30.5 Å². The maximum atomic E-state index is 5.93. The molecule has 2 rings (SSSR count). The van der Waals surface area contributed by atoms with Gasteiger partial charge >= 0.3 is 0 Å². The molecule has 0 unspecified atom stereocenters. The van der Waals surface area contributed by atoms with Crippen LogP contribution in [0.15, 0.2) is 34.8 Å². The highest BCUT2D eigenvalue weighted by atomic mass is 79.9. The average molecular weight is 238 g/mol. The summed E-state index contributed by atoms with van der Waals surface area (Å²) in [6, 6.07) is 8.23. The first kappa shape index (κ1) is 8.97. The van der Waals surface area contributed by atoms with Gasteiger partial charge in [0.25, 0.3) is 0 Å². The molecule has 1 fully saturated rings. The SMILES string of the molecule is NC1(/C=C/c2ccc(Br)cc2)CC1. The predicted octanol–water partition coefficient (Wildman–Crippen LogP) is 2.95. The van der Waals surface area contributed by atoms with Gasteiger partial charge in [-0.3, -0.25) is 0 Å². The van der Waals surface area contributed by atoms with Crippen LogP contribution in [0.2, 0.25) is 0 Å². The van der Waals surface area contributed by atoms with Crippen LogP contribution in [0.25, 0.3) is 6.08 Å². The molecule has 1 saturated carbocycles. The number of hydrogen-bond donors (Lipinski definition) is 1. The topological polar surface area (TPSA) is 26.0 Å². The fourth-order valence-electron chi connectivity index (χ4n) is 1.15. The van der Waals surface area contributed by atoms with Crippen molar-refractivity contribution in [1.82, 2.24) is 0 Å². The molecule has 0 aliphatic heterocycles. The van der Waals surface area contributed by atoms with Gasteiger partial charge in [0.2, 0.25) is 0 Å². The van der Waals surface area contributed by atoms with E-state index in [9.17, 15) is 0 Å². The third-order valence-corrected chi connectivity index (χ3v) is 2.83. The number of rotatable bonds is 2. The molecule has 0 bridgehead atoms. The van der Waals surface area contributed by atoms with Crippen LogP contribution in [-0.4, -0.2) is 5.54 Å². The molecule has 1 aliphatic rings. The third kappa shape index (κ3) is 2.42. The summed E-state index contributed by atoms with van der Waals surface area (Å²) in [5.41, 5.74) is 7.14. The molecule has 1 nitrogen and oxygen atoms in total. The zero-order valence-electron chi connectivity index (χ0n) is 7.33. The maximum Gasteiger partial charge on any atom is 0.0343 e. The van der Waals surface area contributed by atoms with E-state index in [0.717, 1.165) is 17.3 Å². The predicted molar refractivity (Wildman–Crippen MR) is 59.3 cm³/mol. The molecule has 0 spiro atoms. The summed E-state index contributed by atoms with van der Waals surface area (Å²) >= 11 is 3.40. The molecule has 0 radical (unpaired) electrons. The lowest BCUT2D eigenvalue weighted by atomic mass is 10.1. The van der Waals surface area contributed by atoms with E-state index in [1.165, 1.54) is 5.56 Å². The highest BCUT2D eigenvalue weighted by Crippen LogP contribution is 2.34. The lowest BCUT2D eigenvalue weighted by Gasteiger charge is -1.99. The van der Waals surface area contributed by atoms with Gasteiger partial charge in [0, 0.05) is 10.0 Å². The summed E-state index contributed by atoms with van der Waals surface area (Å²) in [6.45, 7) is 0. The zero-order valence-corrected chi connectivity index (χ0v) is 8.92. The minimum absolute atomic E-state index is 0.00702. The first-order valence-electron chi connectivity index (χ1n) is 4.42. The van der Waals surface area contributed by atoms with Crippen LogP contribution in [0.4, 0.5) is 0 Å². The quantitative estimate of drug-likeness (QED) is 0.842. The fourth-order valence-corrected chi connectivity index (χ4v) is 1.41. The molecule has 0 saturated heterocycles. The Morgan fingerprint density at radius 1 is 1.23 bits per heavy atom. The van der Waals surface area contributed by atoms with E-state index in [-0.39, 0.29) is 5.54 Å². The second-order valence-electron chi connectivity index (χ2n) is 3.62. The average Bonchev–Trinajstić information content (AvgIpc) is 2.84. The molecule has 13 heavy (non-hydrogen) atoms. The highest BCUT2D eigenvalue weighted by Gasteiger charge is 2.34. The molecule has 0 atom stereocenters. The first-order valence-corrected chi connectivity index (χ1v) is 5.21. The summed E-state index contributed by atoms with van der Waals surface area (Å²) in [5.74, 6) is 0. The Morgan fingerprint density at radius 3 is 2.38 bits per heavy atom. The molecular weight excluding hydrogens is 226 g/mol. The molecule has 0 heterocycles. The Balaban J connectivity index is 2.09. The van der Waals surface area contributed by atoms with Gasteiger partial charge in [-0.25, -0.2) is 0 Å². The largest absolute Gasteiger partial charge is 0.322 e. The van der Waals surface area contributed by atoms with E-state index in [1.54, 1.807) is 0 Å². The van der Waals surface area contributed by atoms with Crippen molar-refractivity contribution in [3.63, 3.8) is 0 Å². The Morgan fingerprint density at radius 2 is 1.85 bits per heavy atom. The van der Waals surface area contributed by atoms with Crippen molar-refractivity contribution in [2.75, 3.05) is 0 Å². The van der Waals surface area contributed by atoms with Crippen LogP contribution in [0.5, 0.6) is 0 Å². The smallest absolute Gasteiger partial charge is 0.0343 e. The first-order chi connectivity index (χ1) is 6.18. The Bertz CT molecular complexity index is 322. The molecule has 0 aromatic heterocycles. The lowest BCUT2D eigenvalue weighted by molar-refractivity contribution is 0.860. The molecule has 1 aromatic carbocycles. The monoisotopic (exact) mass is 237 g/mol. The van der Waals surface area contributed by atoms with Crippen molar-refractivity contribution in [2.24, 2.45) is 5.73 Å². The van der Waals surface area contributed by atoms with Crippen molar-refractivity contribution in [2.45, 2.75) is 18.4 Å². The second-order valence-corrected chi connectivity index (χ2v) is 4.53. The normalized spacial score (nSPS) is 19.2. The van der Waals surface area contributed by atoms with E-state index < -0.39 is 0 Å². The van der Waals surface area contributed by atoms with Crippen LogP contribution in [0, 0.1) is 0 Å². The molecule has 0 amide bonds. The molecule has 1 aliphatic carbocycles. The van der Waals surface area contributed by atoms with Crippen molar-refractivity contribution in [3.05, 3.63) is 40.4 Å². The third-order valence-electron chi connectivity index (χ3n) is 2.31. The van der Waals surface area contributed by atoms with Crippen LogP contribution in [0.1, 0.15) is 18.4 Å². The number of nitrogens with two attached hydrogens (primary N) is 1. The van der Waals surface area contributed by atoms with E-state index in [0.29, 0.717) is 0 Å². The minimum Gasteiger partial charge on any atom is -0.322 e. The van der Waals surface area contributed by atoms with Crippen LogP contribution < -0.4 is 5.73 Å². The molecule has 68 valence electrons. The Labute approximate surface area is 86.8 Å². The summed E-state index contributed by atoms with van der Waals surface area (Å²) in [5, 5.41) is 0. The van der Waals surface area contributed by atoms with E-state index in [4.69, 9.17) is 5.73 Å². The summed E-state index contributed by atoms with van der Waals surface area (Å²) < 4.78 is 1.11.